The van der Waals surface area contributed by atoms with Gasteiger partial charge in [0.2, 0.25) is 5.91 Å². The highest BCUT2D eigenvalue weighted by atomic mass is 16.2. The zero-order chi connectivity index (χ0) is 23.0. The lowest BCUT2D eigenvalue weighted by Gasteiger charge is -2.11. The summed E-state index contributed by atoms with van der Waals surface area (Å²) in [4.78, 5) is 33.9. The van der Waals surface area contributed by atoms with Crippen LogP contribution < -0.4 is 10.9 Å². The smallest absolute Gasteiger partial charge is 0.269 e. The molecule has 0 bridgehead atoms. The van der Waals surface area contributed by atoms with E-state index in [1.54, 1.807) is 16.6 Å². The van der Waals surface area contributed by atoms with Crippen LogP contribution in [0.4, 0.5) is 0 Å². The van der Waals surface area contributed by atoms with E-state index in [2.05, 4.69) is 37.4 Å². The fourth-order valence-corrected chi connectivity index (χ4v) is 4.09. The van der Waals surface area contributed by atoms with Gasteiger partial charge in [-0.25, -0.2) is 14.5 Å². The minimum Gasteiger partial charge on any atom is -0.329 e. The third kappa shape index (κ3) is 3.93. The number of imidazole rings is 1. The van der Waals surface area contributed by atoms with Gasteiger partial charge in [0.05, 0.1) is 16.7 Å². The first-order chi connectivity index (χ1) is 15.3. The van der Waals surface area contributed by atoms with Crippen molar-refractivity contribution in [3.05, 3.63) is 58.3 Å². The van der Waals surface area contributed by atoms with Gasteiger partial charge in [-0.3, -0.25) is 20.4 Å². The fraction of sp³-hybridized carbons (Fsp3) is 0.348. The van der Waals surface area contributed by atoms with Crippen LogP contribution in [0.5, 0.6) is 0 Å². The largest absolute Gasteiger partial charge is 0.329 e. The molecule has 166 valence electrons. The normalized spacial score (nSPS) is 11.3. The van der Waals surface area contributed by atoms with E-state index in [1.807, 2.05) is 39.8 Å². The first-order valence-electron chi connectivity index (χ1n) is 10.7. The molecule has 0 aliphatic carbocycles. The number of rotatable bonds is 5. The van der Waals surface area contributed by atoms with Crippen LogP contribution in [-0.4, -0.2) is 36.0 Å². The van der Waals surface area contributed by atoms with Crippen molar-refractivity contribution >= 4 is 28.5 Å². The van der Waals surface area contributed by atoms with Gasteiger partial charge < -0.3 is 4.57 Å². The van der Waals surface area contributed by atoms with Gasteiger partial charge in [-0.05, 0) is 64.8 Å². The lowest BCUT2D eigenvalue weighted by Crippen LogP contribution is -2.41. The lowest BCUT2D eigenvalue weighted by atomic mass is 10.1. The highest BCUT2D eigenvalue weighted by Gasteiger charge is 2.14. The Hall–Kier alpha value is -3.75. The second-order valence-electron chi connectivity index (χ2n) is 7.93. The Balaban J connectivity index is 1.38. The molecule has 0 spiro atoms. The number of aryl methyl sites for hydroxylation is 5. The van der Waals surface area contributed by atoms with Crippen molar-refractivity contribution < 1.29 is 9.59 Å². The maximum absolute atomic E-state index is 12.5. The summed E-state index contributed by atoms with van der Waals surface area (Å²) < 4.78 is 3.88. The fourth-order valence-electron chi connectivity index (χ4n) is 4.09. The number of fused-ring (bicyclic) bond motifs is 2. The van der Waals surface area contributed by atoms with E-state index in [0.717, 1.165) is 51.7 Å². The number of carbonyl (C=O) groups is 2. The van der Waals surface area contributed by atoms with Gasteiger partial charge in [0.1, 0.15) is 5.82 Å². The highest BCUT2D eigenvalue weighted by molar-refractivity contribution is 5.98. The molecule has 1 aromatic carbocycles. The van der Waals surface area contributed by atoms with Crippen LogP contribution >= 0.6 is 0 Å². The van der Waals surface area contributed by atoms with Crippen molar-refractivity contribution in [2.45, 2.75) is 54.0 Å². The highest BCUT2D eigenvalue weighted by Crippen LogP contribution is 2.18. The predicted molar refractivity (Wildman–Crippen MR) is 121 cm³/mol. The third-order valence-electron chi connectivity index (χ3n) is 5.72. The summed E-state index contributed by atoms with van der Waals surface area (Å²) in [5.74, 6) is 0.240. The average Bonchev–Trinajstić information content (AvgIpc) is 3.28. The molecule has 2 N–H and O–H groups in total. The molecule has 0 saturated heterocycles. The number of aromatic nitrogens is 5. The SMILES string of the molecule is CCn1c(C)nc2cc(C(=O)NNC(=O)CCc3c(C)nc4cc(C)nn4c3C)ccc21. The van der Waals surface area contributed by atoms with Crippen molar-refractivity contribution in [1.29, 1.82) is 0 Å². The maximum Gasteiger partial charge on any atom is 0.269 e. The van der Waals surface area contributed by atoms with Crippen LogP contribution in [0.3, 0.4) is 0 Å². The van der Waals surface area contributed by atoms with Gasteiger partial charge in [-0.15, -0.1) is 0 Å². The summed E-state index contributed by atoms with van der Waals surface area (Å²) in [6, 6.07) is 7.27. The molecule has 0 aliphatic heterocycles. The first kappa shape index (κ1) is 21.5. The Labute approximate surface area is 185 Å². The van der Waals surface area contributed by atoms with Crippen molar-refractivity contribution in [1.82, 2.24) is 35.0 Å². The Bertz CT molecular complexity index is 1350. The van der Waals surface area contributed by atoms with Gasteiger partial charge in [0.15, 0.2) is 5.65 Å². The molecule has 0 fully saturated rings. The molecule has 32 heavy (non-hydrogen) atoms. The predicted octanol–water partition coefficient (Wildman–Crippen LogP) is 2.73. The summed E-state index contributed by atoms with van der Waals surface area (Å²) in [7, 11) is 0. The Morgan fingerprint density at radius 2 is 1.81 bits per heavy atom. The Kier molecular flexibility index (Phi) is 5.65. The first-order valence-corrected chi connectivity index (χ1v) is 10.7. The van der Waals surface area contributed by atoms with Crippen LogP contribution in [0.25, 0.3) is 16.7 Å². The van der Waals surface area contributed by atoms with E-state index in [9.17, 15) is 9.59 Å². The lowest BCUT2D eigenvalue weighted by molar-refractivity contribution is -0.121. The molecule has 0 radical (unpaired) electrons. The molecule has 0 aliphatic rings. The average molecular weight is 434 g/mol. The second-order valence-corrected chi connectivity index (χ2v) is 7.93. The van der Waals surface area contributed by atoms with Gasteiger partial charge in [0, 0.05) is 36.0 Å². The molecular weight excluding hydrogens is 406 g/mol. The molecule has 3 heterocycles. The number of nitrogens with zero attached hydrogens (tertiary/aromatic N) is 5. The summed E-state index contributed by atoms with van der Waals surface area (Å²) in [5, 5.41) is 4.46. The molecule has 9 heteroatoms. The topological polar surface area (TPSA) is 106 Å². The Morgan fingerprint density at radius 3 is 2.56 bits per heavy atom. The summed E-state index contributed by atoms with van der Waals surface area (Å²) in [6.45, 7) is 10.6. The molecule has 9 nitrogen and oxygen atoms in total. The van der Waals surface area contributed by atoms with E-state index >= 15 is 0 Å². The van der Waals surface area contributed by atoms with Crippen molar-refractivity contribution in [3.8, 4) is 0 Å². The zero-order valence-corrected chi connectivity index (χ0v) is 19.0. The number of hydrogen-bond acceptors (Lipinski definition) is 5. The molecule has 0 saturated carbocycles. The molecular formula is C23H27N7O2. The summed E-state index contributed by atoms with van der Waals surface area (Å²) >= 11 is 0. The van der Waals surface area contributed by atoms with E-state index in [1.165, 1.54) is 0 Å². The van der Waals surface area contributed by atoms with Crippen LogP contribution in [0.15, 0.2) is 24.3 Å². The molecule has 0 unspecified atom stereocenters. The standard InChI is InChI=1S/C23H27N7O2/c1-6-29-16(5)25-19-12-17(7-9-20(19)29)23(32)27-26-22(31)10-8-18-14(3)24-21-11-13(2)28-30(21)15(18)4/h7,9,11-12H,6,8,10H2,1-5H3,(H,26,31)(H,27,32). The number of carbonyl (C=O) groups excluding carboxylic acids is 2. The maximum atomic E-state index is 12.5. The second kappa shape index (κ2) is 8.41. The number of hydrazine groups is 1. The zero-order valence-electron chi connectivity index (χ0n) is 19.0. The molecule has 2 amide bonds. The van der Waals surface area contributed by atoms with Crippen LogP contribution in [0.2, 0.25) is 0 Å². The van der Waals surface area contributed by atoms with Gasteiger partial charge in [0.25, 0.3) is 5.91 Å². The Morgan fingerprint density at radius 1 is 1.03 bits per heavy atom. The molecule has 4 rings (SSSR count). The van der Waals surface area contributed by atoms with Crippen LogP contribution in [0, 0.1) is 27.7 Å². The molecule has 4 aromatic rings. The van der Waals surface area contributed by atoms with Crippen molar-refractivity contribution in [3.63, 3.8) is 0 Å². The van der Waals surface area contributed by atoms with Gasteiger partial charge in [-0.2, -0.15) is 5.10 Å². The monoisotopic (exact) mass is 433 g/mol. The van der Waals surface area contributed by atoms with Crippen LogP contribution in [0.1, 0.15) is 52.2 Å². The third-order valence-corrected chi connectivity index (χ3v) is 5.72. The van der Waals surface area contributed by atoms with Crippen molar-refractivity contribution in [2.24, 2.45) is 0 Å². The van der Waals surface area contributed by atoms with Gasteiger partial charge in [-0.1, -0.05) is 0 Å². The number of amides is 2. The number of hydrogen-bond donors (Lipinski definition) is 2. The van der Waals surface area contributed by atoms with Gasteiger partial charge >= 0.3 is 0 Å². The van der Waals surface area contributed by atoms with E-state index in [-0.39, 0.29) is 18.2 Å². The molecule has 3 aromatic heterocycles. The summed E-state index contributed by atoms with van der Waals surface area (Å²) in [6.07, 6.45) is 0.718. The van der Waals surface area contributed by atoms with E-state index in [4.69, 9.17) is 0 Å². The minimum atomic E-state index is -0.383. The quantitative estimate of drug-likeness (QED) is 0.471. The minimum absolute atomic E-state index is 0.217. The summed E-state index contributed by atoms with van der Waals surface area (Å²) in [5.41, 5.74) is 11.7. The van der Waals surface area contributed by atoms with Crippen molar-refractivity contribution in [2.75, 3.05) is 0 Å². The van der Waals surface area contributed by atoms with E-state index < -0.39 is 0 Å². The number of nitrogens with one attached hydrogen (secondary N) is 2. The van der Waals surface area contributed by atoms with Crippen LogP contribution in [-0.2, 0) is 17.8 Å². The van der Waals surface area contributed by atoms with E-state index in [0.29, 0.717) is 12.0 Å². The number of benzene rings is 1. The molecule has 0 atom stereocenters.